The Kier molecular flexibility index (Phi) is 6.15. The molecule has 0 bridgehead atoms. The van der Waals surface area contributed by atoms with E-state index in [1.165, 1.54) is 4.90 Å². The summed E-state index contributed by atoms with van der Waals surface area (Å²) in [6, 6.07) is 11.1. The zero-order valence-corrected chi connectivity index (χ0v) is 17.8. The third kappa shape index (κ3) is 5.25. The Bertz CT molecular complexity index is 923. The monoisotopic (exact) mass is 406 g/mol. The van der Waals surface area contributed by atoms with Crippen molar-refractivity contribution in [3.8, 4) is 11.5 Å². The van der Waals surface area contributed by atoms with Gasteiger partial charge in [0.25, 0.3) is 0 Å². The summed E-state index contributed by atoms with van der Waals surface area (Å²) in [5.74, 6) is 1.42. The molecule has 0 unspecified atom stereocenters. The van der Waals surface area contributed by atoms with Gasteiger partial charge >= 0.3 is 0 Å². The maximum atomic E-state index is 12.5. The third-order valence-corrected chi connectivity index (χ3v) is 6.74. The molecule has 3 rings (SSSR count). The van der Waals surface area contributed by atoms with Crippen LogP contribution in [0.25, 0.3) is 0 Å². The van der Waals surface area contributed by atoms with Crippen LogP contribution in [0.4, 0.5) is 0 Å². The molecule has 1 aliphatic rings. The molecule has 1 aliphatic carbocycles. The van der Waals surface area contributed by atoms with E-state index in [2.05, 4.69) is 11.6 Å². The molecule has 2 aromatic carbocycles. The van der Waals surface area contributed by atoms with E-state index in [4.69, 9.17) is 4.74 Å². The van der Waals surface area contributed by atoms with Gasteiger partial charge in [-0.3, -0.25) is 0 Å². The predicted molar refractivity (Wildman–Crippen MR) is 110 cm³/mol. The zero-order chi connectivity index (χ0) is 19.6. The van der Waals surface area contributed by atoms with Gasteiger partial charge in [-0.15, -0.1) is 11.8 Å². The SMILES string of the molecule is CSc1ccc(Oc2ccc(S(=O)(=O)NC3CC3)cc2CN(C)C)cc1C. The lowest BCUT2D eigenvalue weighted by molar-refractivity contribution is 0.388. The predicted octanol–water partition coefficient (Wildman–Crippen LogP) is 4.01. The molecular weight excluding hydrogens is 380 g/mol. The molecule has 1 saturated carbocycles. The van der Waals surface area contributed by atoms with Crippen molar-refractivity contribution in [1.29, 1.82) is 0 Å². The Morgan fingerprint density at radius 2 is 1.93 bits per heavy atom. The standard InChI is InChI=1S/C20H26N2O3S2/c1-14-11-17(7-10-20(14)26-4)25-19-9-8-18(12-15(19)13-22(2)3)27(23,24)21-16-5-6-16/h7-12,16,21H,5-6,13H2,1-4H3. The first-order valence-electron chi connectivity index (χ1n) is 8.91. The zero-order valence-electron chi connectivity index (χ0n) is 16.2. The van der Waals surface area contributed by atoms with Gasteiger partial charge in [0.2, 0.25) is 10.0 Å². The topological polar surface area (TPSA) is 58.6 Å². The average molecular weight is 407 g/mol. The fraction of sp³-hybridized carbons (Fsp3) is 0.400. The van der Waals surface area contributed by atoms with E-state index in [0.717, 1.165) is 29.7 Å². The van der Waals surface area contributed by atoms with Gasteiger partial charge in [0, 0.05) is 23.0 Å². The largest absolute Gasteiger partial charge is 0.457 e. The fourth-order valence-corrected chi connectivity index (χ4v) is 4.76. The molecule has 146 valence electrons. The van der Waals surface area contributed by atoms with Crippen molar-refractivity contribution in [2.45, 2.75) is 42.1 Å². The number of benzene rings is 2. The van der Waals surface area contributed by atoms with Crippen LogP contribution < -0.4 is 9.46 Å². The summed E-state index contributed by atoms with van der Waals surface area (Å²) in [6.45, 7) is 2.64. The number of ether oxygens (including phenoxy) is 1. The highest BCUT2D eigenvalue weighted by Crippen LogP contribution is 2.32. The number of thioether (sulfide) groups is 1. The second-order valence-electron chi connectivity index (χ2n) is 7.14. The Labute approximate surface area is 166 Å². The van der Waals surface area contributed by atoms with Crippen LogP contribution in [0.1, 0.15) is 24.0 Å². The second kappa shape index (κ2) is 8.22. The van der Waals surface area contributed by atoms with Gasteiger partial charge in [0.15, 0.2) is 0 Å². The number of aryl methyl sites for hydroxylation is 1. The molecule has 1 N–H and O–H groups in total. The molecule has 1 fully saturated rings. The maximum Gasteiger partial charge on any atom is 0.240 e. The first-order valence-corrected chi connectivity index (χ1v) is 11.6. The lowest BCUT2D eigenvalue weighted by atomic mass is 10.2. The van der Waals surface area contributed by atoms with Crippen LogP contribution in [-0.4, -0.2) is 39.7 Å². The van der Waals surface area contributed by atoms with E-state index in [-0.39, 0.29) is 10.9 Å². The number of rotatable bonds is 8. The van der Waals surface area contributed by atoms with Crippen LogP contribution in [0.5, 0.6) is 11.5 Å². The Balaban J connectivity index is 1.90. The number of hydrogen-bond acceptors (Lipinski definition) is 5. The molecular formula is C20H26N2O3S2. The van der Waals surface area contributed by atoms with Crippen LogP contribution in [-0.2, 0) is 16.6 Å². The Hall–Kier alpha value is -1.54. The molecule has 0 amide bonds. The normalized spacial score (nSPS) is 14.6. The molecule has 0 aromatic heterocycles. The molecule has 0 saturated heterocycles. The molecule has 27 heavy (non-hydrogen) atoms. The smallest absolute Gasteiger partial charge is 0.240 e. The van der Waals surface area contributed by atoms with Crippen molar-refractivity contribution in [3.05, 3.63) is 47.5 Å². The first-order chi connectivity index (χ1) is 12.8. The van der Waals surface area contributed by atoms with Gasteiger partial charge in [-0.25, -0.2) is 13.1 Å². The van der Waals surface area contributed by atoms with Crippen LogP contribution in [0.15, 0.2) is 46.2 Å². The van der Waals surface area contributed by atoms with Crippen molar-refractivity contribution in [3.63, 3.8) is 0 Å². The lowest BCUT2D eigenvalue weighted by Crippen LogP contribution is -2.26. The van der Waals surface area contributed by atoms with E-state index in [9.17, 15) is 8.42 Å². The third-order valence-electron chi connectivity index (χ3n) is 4.32. The number of hydrogen-bond donors (Lipinski definition) is 1. The number of sulfonamides is 1. The lowest BCUT2D eigenvalue weighted by Gasteiger charge is -2.17. The van der Waals surface area contributed by atoms with Crippen LogP contribution in [0.2, 0.25) is 0 Å². The minimum Gasteiger partial charge on any atom is -0.457 e. The minimum atomic E-state index is -3.49. The van der Waals surface area contributed by atoms with Crippen molar-refractivity contribution in [2.75, 3.05) is 20.4 Å². The molecule has 2 aromatic rings. The highest BCUT2D eigenvalue weighted by molar-refractivity contribution is 7.98. The van der Waals surface area contributed by atoms with Gasteiger partial charge < -0.3 is 9.64 Å². The summed E-state index contributed by atoms with van der Waals surface area (Å²) in [4.78, 5) is 3.49. The Morgan fingerprint density at radius 3 is 2.52 bits per heavy atom. The van der Waals surface area contributed by atoms with Gasteiger partial charge in [0.1, 0.15) is 11.5 Å². The van der Waals surface area contributed by atoms with Gasteiger partial charge in [-0.2, -0.15) is 0 Å². The van der Waals surface area contributed by atoms with Crippen molar-refractivity contribution in [2.24, 2.45) is 0 Å². The fourth-order valence-electron chi connectivity index (χ4n) is 2.82. The first kappa shape index (κ1) is 20.2. The highest BCUT2D eigenvalue weighted by atomic mass is 32.2. The summed E-state index contributed by atoms with van der Waals surface area (Å²) in [7, 11) is 0.411. The van der Waals surface area contributed by atoms with E-state index in [1.54, 1.807) is 30.0 Å². The van der Waals surface area contributed by atoms with Crippen molar-refractivity contribution in [1.82, 2.24) is 9.62 Å². The Morgan fingerprint density at radius 1 is 1.19 bits per heavy atom. The van der Waals surface area contributed by atoms with Crippen LogP contribution in [0, 0.1) is 6.92 Å². The summed E-state index contributed by atoms with van der Waals surface area (Å²) < 4.78 is 33.9. The number of nitrogens with zero attached hydrogens (tertiary/aromatic N) is 1. The quantitative estimate of drug-likeness (QED) is 0.671. The molecule has 7 heteroatoms. The summed E-state index contributed by atoms with van der Waals surface area (Å²) in [5.41, 5.74) is 1.99. The summed E-state index contributed by atoms with van der Waals surface area (Å²) >= 11 is 1.70. The van der Waals surface area contributed by atoms with E-state index in [0.29, 0.717) is 12.3 Å². The van der Waals surface area contributed by atoms with Crippen LogP contribution >= 0.6 is 11.8 Å². The van der Waals surface area contributed by atoms with Gasteiger partial charge in [-0.05, 0) is 82.1 Å². The minimum absolute atomic E-state index is 0.0844. The van der Waals surface area contributed by atoms with E-state index >= 15 is 0 Å². The number of nitrogens with one attached hydrogen (secondary N) is 1. The van der Waals surface area contributed by atoms with Crippen molar-refractivity contribution < 1.29 is 13.2 Å². The average Bonchev–Trinajstić information content (AvgIpc) is 3.39. The molecule has 0 atom stereocenters. The summed E-state index contributed by atoms with van der Waals surface area (Å²) in [5, 5.41) is 0. The maximum absolute atomic E-state index is 12.5. The molecule has 0 radical (unpaired) electrons. The van der Waals surface area contributed by atoms with Crippen molar-refractivity contribution >= 4 is 21.8 Å². The molecule has 0 heterocycles. The highest BCUT2D eigenvalue weighted by Gasteiger charge is 2.28. The second-order valence-corrected chi connectivity index (χ2v) is 9.70. The van der Waals surface area contributed by atoms with E-state index in [1.807, 2.05) is 43.5 Å². The molecule has 5 nitrogen and oxygen atoms in total. The van der Waals surface area contributed by atoms with Crippen LogP contribution in [0.3, 0.4) is 0 Å². The van der Waals surface area contributed by atoms with Gasteiger partial charge in [-0.1, -0.05) is 0 Å². The van der Waals surface area contributed by atoms with E-state index < -0.39 is 10.0 Å². The molecule has 0 spiro atoms. The molecule has 0 aliphatic heterocycles. The van der Waals surface area contributed by atoms with Gasteiger partial charge in [0.05, 0.1) is 4.90 Å². The summed E-state index contributed by atoms with van der Waals surface area (Å²) in [6.07, 6.45) is 3.87.